The summed E-state index contributed by atoms with van der Waals surface area (Å²) in [4.78, 5) is 13.1. The van der Waals surface area contributed by atoms with Gasteiger partial charge in [0, 0.05) is 19.1 Å². The molecule has 114 valence electrons. The van der Waals surface area contributed by atoms with Gasteiger partial charge in [0.15, 0.2) is 0 Å². The van der Waals surface area contributed by atoms with Gasteiger partial charge in [0.2, 0.25) is 5.95 Å². The molecular formula is C16H24N4S. The Bertz CT molecular complexity index is 607. The van der Waals surface area contributed by atoms with Gasteiger partial charge < -0.3 is 10.2 Å². The molecule has 1 atom stereocenters. The number of thiophene rings is 1. The lowest BCUT2D eigenvalue weighted by atomic mass is 10.0. The molecule has 0 radical (unpaired) electrons. The molecule has 4 nitrogen and oxygen atoms in total. The van der Waals surface area contributed by atoms with Gasteiger partial charge in [-0.1, -0.05) is 20.8 Å². The average molecular weight is 304 g/mol. The summed E-state index contributed by atoms with van der Waals surface area (Å²) in [5.41, 5.74) is 0. The second-order valence-electron chi connectivity index (χ2n) is 6.08. The Kier molecular flexibility index (Phi) is 4.29. The summed E-state index contributed by atoms with van der Waals surface area (Å²) in [6, 6.07) is 2.76. The molecule has 1 N–H and O–H groups in total. The molecule has 3 rings (SSSR count). The first-order valence-corrected chi connectivity index (χ1v) is 8.84. The summed E-state index contributed by atoms with van der Waals surface area (Å²) in [5.74, 6) is 2.55. The Balaban J connectivity index is 2.01. The van der Waals surface area contributed by atoms with E-state index in [9.17, 15) is 0 Å². The number of hydrogen-bond donors (Lipinski definition) is 1. The molecule has 0 spiro atoms. The maximum absolute atomic E-state index is 4.84. The molecule has 1 aliphatic rings. The Morgan fingerprint density at radius 2 is 2.29 bits per heavy atom. The molecule has 0 amide bonds. The van der Waals surface area contributed by atoms with E-state index < -0.39 is 0 Å². The van der Waals surface area contributed by atoms with Crippen LogP contribution in [0.25, 0.3) is 10.2 Å². The van der Waals surface area contributed by atoms with Crippen LogP contribution in [0.5, 0.6) is 0 Å². The van der Waals surface area contributed by atoms with Gasteiger partial charge in [-0.2, -0.15) is 4.98 Å². The van der Waals surface area contributed by atoms with Crippen molar-refractivity contribution in [1.82, 2.24) is 9.97 Å². The zero-order valence-corrected chi connectivity index (χ0v) is 13.9. The molecule has 1 unspecified atom stereocenters. The minimum Gasteiger partial charge on any atom is -0.354 e. The quantitative estimate of drug-likeness (QED) is 0.901. The third-order valence-corrected chi connectivity index (χ3v) is 4.99. The van der Waals surface area contributed by atoms with Gasteiger partial charge in [-0.3, -0.25) is 0 Å². The van der Waals surface area contributed by atoms with E-state index in [1.54, 1.807) is 11.3 Å². The van der Waals surface area contributed by atoms with Crippen molar-refractivity contribution >= 4 is 33.3 Å². The van der Waals surface area contributed by atoms with Crippen LogP contribution in [0.15, 0.2) is 11.4 Å². The smallest absolute Gasteiger partial charge is 0.226 e. The van der Waals surface area contributed by atoms with Crippen LogP contribution < -0.4 is 10.2 Å². The van der Waals surface area contributed by atoms with Crippen LogP contribution in [0.4, 0.5) is 11.8 Å². The van der Waals surface area contributed by atoms with Crippen LogP contribution in [0.3, 0.4) is 0 Å². The van der Waals surface area contributed by atoms with Crippen molar-refractivity contribution in [3.63, 3.8) is 0 Å². The molecule has 3 heterocycles. The van der Waals surface area contributed by atoms with Crippen molar-refractivity contribution in [1.29, 1.82) is 0 Å². The van der Waals surface area contributed by atoms with Crippen LogP contribution in [0.1, 0.15) is 40.0 Å². The third-order valence-electron chi connectivity index (χ3n) is 4.18. The fourth-order valence-corrected chi connectivity index (χ4v) is 3.88. The van der Waals surface area contributed by atoms with E-state index in [0.29, 0.717) is 12.0 Å². The van der Waals surface area contributed by atoms with E-state index in [1.165, 1.54) is 18.2 Å². The predicted molar refractivity (Wildman–Crippen MR) is 91.4 cm³/mol. The second kappa shape index (κ2) is 6.18. The molecule has 1 aliphatic heterocycles. The normalized spacial score (nSPS) is 18.9. The molecule has 0 aliphatic carbocycles. The Morgan fingerprint density at radius 3 is 3.05 bits per heavy atom. The number of anilines is 2. The summed E-state index contributed by atoms with van der Waals surface area (Å²) >= 11 is 1.70. The van der Waals surface area contributed by atoms with Gasteiger partial charge in [0.1, 0.15) is 10.6 Å². The van der Waals surface area contributed by atoms with Gasteiger partial charge in [0.25, 0.3) is 0 Å². The highest BCUT2D eigenvalue weighted by molar-refractivity contribution is 7.16. The van der Waals surface area contributed by atoms with Crippen molar-refractivity contribution < 1.29 is 0 Å². The predicted octanol–water partition coefficient (Wildman–Crippen LogP) is 4.14. The lowest BCUT2D eigenvalue weighted by molar-refractivity contribution is 0.490. The largest absolute Gasteiger partial charge is 0.354 e. The highest BCUT2D eigenvalue weighted by atomic mass is 32.1. The first-order valence-electron chi connectivity index (χ1n) is 7.96. The molecule has 2 aromatic rings. The maximum atomic E-state index is 4.84. The van der Waals surface area contributed by atoms with Gasteiger partial charge in [-0.05, 0) is 36.6 Å². The van der Waals surface area contributed by atoms with Crippen LogP contribution in [0.2, 0.25) is 0 Å². The molecule has 5 heteroatoms. The minimum absolute atomic E-state index is 0.599. The van der Waals surface area contributed by atoms with Gasteiger partial charge in [-0.25, -0.2) is 4.98 Å². The number of fused-ring (bicyclic) bond motifs is 1. The van der Waals surface area contributed by atoms with E-state index in [4.69, 9.17) is 4.98 Å². The third kappa shape index (κ3) is 2.84. The highest BCUT2D eigenvalue weighted by Crippen LogP contribution is 2.35. The SMILES string of the molecule is CCCNc1nc(N2CCCC2C(C)C)c2ccsc2n1. The molecule has 1 fully saturated rings. The zero-order chi connectivity index (χ0) is 14.8. The number of nitrogens with one attached hydrogen (secondary N) is 1. The Morgan fingerprint density at radius 1 is 1.43 bits per heavy atom. The van der Waals surface area contributed by atoms with E-state index in [2.05, 4.69) is 47.4 Å². The van der Waals surface area contributed by atoms with Crippen LogP contribution >= 0.6 is 11.3 Å². The standard InChI is InChI=1S/C16H24N4S/c1-4-8-17-16-18-14(12-7-10-21-15(12)19-16)20-9-5-6-13(20)11(2)3/h7,10-11,13H,4-6,8-9H2,1-3H3,(H,17,18,19). The van der Waals surface area contributed by atoms with Gasteiger partial charge >= 0.3 is 0 Å². The molecule has 2 aromatic heterocycles. The maximum Gasteiger partial charge on any atom is 0.226 e. The molecular weight excluding hydrogens is 280 g/mol. The van der Waals surface area contributed by atoms with Crippen molar-refractivity contribution in [2.45, 2.75) is 46.1 Å². The van der Waals surface area contributed by atoms with E-state index >= 15 is 0 Å². The summed E-state index contributed by atoms with van der Waals surface area (Å²) < 4.78 is 0. The Labute approximate surface area is 130 Å². The Hall–Kier alpha value is -1.36. The molecule has 1 saturated heterocycles. The van der Waals surface area contributed by atoms with Crippen LogP contribution in [0, 0.1) is 5.92 Å². The molecule has 0 bridgehead atoms. The topological polar surface area (TPSA) is 41.1 Å². The van der Waals surface area contributed by atoms with Crippen molar-refractivity contribution in [3.8, 4) is 0 Å². The van der Waals surface area contributed by atoms with E-state index in [0.717, 1.165) is 36.1 Å². The zero-order valence-electron chi connectivity index (χ0n) is 13.1. The first-order chi connectivity index (χ1) is 10.2. The summed E-state index contributed by atoms with van der Waals surface area (Å²) in [7, 11) is 0. The first kappa shape index (κ1) is 14.6. The molecule has 0 aromatic carbocycles. The average Bonchev–Trinajstić information content (AvgIpc) is 3.12. The number of hydrogen-bond acceptors (Lipinski definition) is 5. The minimum atomic E-state index is 0.599. The van der Waals surface area contributed by atoms with E-state index in [-0.39, 0.29) is 0 Å². The van der Waals surface area contributed by atoms with E-state index in [1.807, 2.05) is 0 Å². The number of aromatic nitrogens is 2. The van der Waals surface area contributed by atoms with Gasteiger partial charge in [-0.15, -0.1) is 11.3 Å². The van der Waals surface area contributed by atoms with Crippen LogP contribution in [-0.4, -0.2) is 29.1 Å². The van der Waals surface area contributed by atoms with Crippen molar-refractivity contribution in [2.24, 2.45) is 5.92 Å². The second-order valence-corrected chi connectivity index (χ2v) is 6.98. The fourth-order valence-electron chi connectivity index (χ4n) is 3.12. The summed E-state index contributed by atoms with van der Waals surface area (Å²) in [5, 5.41) is 6.66. The van der Waals surface area contributed by atoms with Crippen molar-refractivity contribution in [3.05, 3.63) is 11.4 Å². The van der Waals surface area contributed by atoms with Crippen molar-refractivity contribution in [2.75, 3.05) is 23.3 Å². The summed E-state index contributed by atoms with van der Waals surface area (Å²) in [6.45, 7) is 8.81. The lowest BCUT2D eigenvalue weighted by Gasteiger charge is -2.29. The fraction of sp³-hybridized carbons (Fsp3) is 0.625. The number of rotatable bonds is 5. The monoisotopic (exact) mass is 304 g/mol. The summed E-state index contributed by atoms with van der Waals surface area (Å²) in [6.07, 6.45) is 3.61. The van der Waals surface area contributed by atoms with Gasteiger partial charge in [0.05, 0.1) is 5.39 Å². The number of nitrogens with zero attached hydrogens (tertiary/aromatic N) is 3. The molecule has 21 heavy (non-hydrogen) atoms. The lowest BCUT2D eigenvalue weighted by Crippen LogP contribution is -2.34. The molecule has 0 saturated carbocycles. The van der Waals surface area contributed by atoms with Crippen LogP contribution in [-0.2, 0) is 0 Å². The highest BCUT2D eigenvalue weighted by Gasteiger charge is 2.29.